The molecule has 3 unspecified atom stereocenters. The van der Waals surface area contributed by atoms with Gasteiger partial charge in [-0.1, -0.05) is 13.3 Å². The number of guanidine groups is 1. The van der Waals surface area contributed by atoms with Gasteiger partial charge in [0.1, 0.15) is 12.4 Å². The van der Waals surface area contributed by atoms with Crippen LogP contribution >= 0.6 is 24.0 Å². The lowest BCUT2D eigenvalue weighted by Crippen LogP contribution is -2.48. The molecule has 2 heterocycles. The normalized spacial score (nSPS) is 25.1. The fraction of sp³-hybridized carbons (Fsp3) is 0.824. The van der Waals surface area contributed by atoms with Gasteiger partial charge >= 0.3 is 0 Å². The molecule has 7 nitrogen and oxygen atoms in total. The number of methoxy groups -OCH3 is 1. The van der Waals surface area contributed by atoms with Crippen molar-refractivity contribution in [2.24, 2.45) is 10.9 Å². The molecule has 0 radical (unpaired) electrons. The van der Waals surface area contributed by atoms with E-state index in [4.69, 9.17) is 4.74 Å². The van der Waals surface area contributed by atoms with Crippen molar-refractivity contribution < 1.29 is 4.74 Å². The number of hydrogen-bond acceptors (Lipinski definition) is 4. The van der Waals surface area contributed by atoms with Crippen LogP contribution in [0.4, 0.5) is 0 Å². The Kier molecular flexibility index (Phi) is 7.92. The molecule has 1 aliphatic heterocycles. The van der Waals surface area contributed by atoms with E-state index in [1.54, 1.807) is 7.11 Å². The van der Waals surface area contributed by atoms with E-state index in [1.807, 2.05) is 4.68 Å². The predicted molar refractivity (Wildman–Crippen MR) is 109 cm³/mol. The maximum absolute atomic E-state index is 5.13. The van der Waals surface area contributed by atoms with Gasteiger partial charge in [-0.15, -0.1) is 24.0 Å². The fourth-order valence-corrected chi connectivity index (χ4v) is 3.44. The van der Waals surface area contributed by atoms with E-state index in [1.165, 1.54) is 19.3 Å². The number of rotatable bonds is 7. The molecule has 3 atom stereocenters. The first kappa shape index (κ1) is 20.4. The highest BCUT2D eigenvalue weighted by atomic mass is 127. The van der Waals surface area contributed by atoms with Crippen molar-refractivity contribution in [2.75, 3.05) is 13.7 Å². The molecule has 0 amide bonds. The Morgan fingerprint density at radius 3 is 2.92 bits per heavy atom. The second-order valence-electron chi connectivity index (χ2n) is 6.80. The minimum absolute atomic E-state index is 0. The van der Waals surface area contributed by atoms with Gasteiger partial charge in [0.25, 0.3) is 0 Å². The third-order valence-corrected chi connectivity index (χ3v) is 4.74. The van der Waals surface area contributed by atoms with Gasteiger partial charge in [-0.25, -0.2) is 9.67 Å². The zero-order valence-electron chi connectivity index (χ0n) is 15.5. The summed E-state index contributed by atoms with van der Waals surface area (Å²) in [5, 5.41) is 11.7. The fourth-order valence-electron chi connectivity index (χ4n) is 3.44. The molecule has 1 fully saturated rings. The van der Waals surface area contributed by atoms with Gasteiger partial charge in [0, 0.05) is 32.2 Å². The lowest BCUT2D eigenvalue weighted by molar-refractivity contribution is 0.177. The molecule has 1 saturated carbocycles. The highest BCUT2D eigenvalue weighted by molar-refractivity contribution is 14.0. The van der Waals surface area contributed by atoms with Crippen molar-refractivity contribution in [3.8, 4) is 0 Å². The summed E-state index contributed by atoms with van der Waals surface area (Å²) < 4.78 is 7.14. The minimum Gasteiger partial charge on any atom is -0.377 e. The lowest BCUT2D eigenvalue weighted by atomic mass is 10.1. The maximum Gasteiger partial charge on any atom is 0.191 e. The van der Waals surface area contributed by atoms with Crippen molar-refractivity contribution in [1.82, 2.24) is 25.4 Å². The second kappa shape index (κ2) is 9.70. The monoisotopic (exact) mass is 462 g/mol. The number of nitrogens with one attached hydrogen (secondary N) is 2. The standard InChI is InChI=1S/C17H30N6O.HI/c1-4-6-12-9-14(12)20-17(18-5-2)19-13-7-8-16-21-15(11-24-3)22-23(16)10-13;/h12-14H,4-11H2,1-3H3,(H2,18,19,20);1H. The Labute approximate surface area is 167 Å². The Hall–Kier alpha value is -0.900. The summed E-state index contributed by atoms with van der Waals surface area (Å²) in [5.41, 5.74) is 0. The van der Waals surface area contributed by atoms with Crippen molar-refractivity contribution in [3.05, 3.63) is 11.6 Å². The van der Waals surface area contributed by atoms with Crippen LogP contribution in [0.25, 0.3) is 0 Å². The van der Waals surface area contributed by atoms with Gasteiger partial charge in [-0.3, -0.25) is 4.99 Å². The molecule has 142 valence electrons. The Morgan fingerprint density at radius 2 is 2.20 bits per heavy atom. The summed E-state index contributed by atoms with van der Waals surface area (Å²) in [6.45, 7) is 6.43. The van der Waals surface area contributed by atoms with E-state index in [-0.39, 0.29) is 24.0 Å². The first-order valence-corrected chi connectivity index (χ1v) is 9.22. The van der Waals surface area contributed by atoms with Gasteiger partial charge in [0.05, 0.1) is 6.54 Å². The molecular formula is C17H31IN6O. The first-order chi connectivity index (χ1) is 11.7. The summed E-state index contributed by atoms with van der Waals surface area (Å²) >= 11 is 0. The molecule has 25 heavy (non-hydrogen) atoms. The van der Waals surface area contributed by atoms with Crippen LogP contribution in [0, 0.1) is 5.92 Å². The van der Waals surface area contributed by atoms with E-state index in [9.17, 15) is 0 Å². The first-order valence-electron chi connectivity index (χ1n) is 9.22. The van der Waals surface area contributed by atoms with Crippen LogP contribution in [0.3, 0.4) is 0 Å². The zero-order chi connectivity index (χ0) is 16.9. The number of nitrogens with zero attached hydrogens (tertiary/aromatic N) is 4. The van der Waals surface area contributed by atoms with Crippen LogP contribution in [0.5, 0.6) is 0 Å². The van der Waals surface area contributed by atoms with Crippen LogP contribution in [-0.2, 0) is 24.3 Å². The molecule has 1 aromatic heterocycles. The third kappa shape index (κ3) is 5.54. The van der Waals surface area contributed by atoms with Gasteiger partial charge in [-0.05, 0) is 32.1 Å². The lowest BCUT2D eigenvalue weighted by Gasteiger charge is -2.25. The van der Waals surface area contributed by atoms with E-state index < -0.39 is 0 Å². The molecule has 0 bridgehead atoms. The van der Waals surface area contributed by atoms with E-state index in [2.05, 4.69) is 39.6 Å². The predicted octanol–water partition coefficient (Wildman–Crippen LogP) is 2.10. The average molecular weight is 462 g/mol. The summed E-state index contributed by atoms with van der Waals surface area (Å²) in [7, 11) is 1.67. The van der Waals surface area contributed by atoms with E-state index in [0.717, 1.165) is 49.5 Å². The smallest absolute Gasteiger partial charge is 0.191 e. The largest absolute Gasteiger partial charge is 0.377 e. The number of halogens is 1. The zero-order valence-corrected chi connectivity index (χ0v) is 17.8. The number of aromatic nitrogens is 3. The molecule has 3 rings (SSSR count). The summed E-state index contributed by atoms with van der Waals surface area (Å²) in [6.07, 6.45) is 5.84. The third-order valence-electron chi connectivity index (χ3n) is 4.74. The highest BCUT2D eigenvalue weighted by Gasteiger charge is 2.37. The Morgan fingerprint density at radius 1 is 1.36 bits per heavy atom. The summed E-state index contributed by atoms with van der Waals surface area (Å²) in [5.74, 6) is 3.61. The minimum atomic E-state index is 0. The average Bonchev–Trinajstić information content (AvgIpc) is 3.15. The molecule has 8 heteroatoms. The number of hydrogen-bond donors (Lipinski definition) is 2. The van der Waals surface area contributed by atoms with E-state index >= 15 is 0 Å². The van der Waals surface area contributed by atoms with Crippen LogP contribution < -0.4 is 10.6 Å². The van der Waals surface area contributed by atoms with Crippen molar-refractivity contribution in [1.29, 1.82) is 0 Å². The number of ether oxygens (including phenoxy) is 1. The molecule has 0 aromatic carbocycles. The summed E-state index contributed by atoms with van der Waals surface area (Å²) in [4.78, 5) is 9.15. The van der Waals surface area contributed by atoms with Crippen LogP contribution in [0.15, 0.2) is 4.99 Å². The van der Waals surface area contributed by atoms with Crippen LogP contribution in [-0.4, -0.2) is 46.5 Å². The molecule has 1 aliphatic carbocycles. The Bertz CT molecular complexity index is 575. The van der Waals surface area contributed by atoms with Crippen molar-refractivity contribution in [2.45, 2.75) is 71.2 Å². The van der Waals surface area contributed by atoms with Crippen molar-refractivity contribution >= 4 is 29.9 Å². The van der Waals surface area contributed by atoms with E-state index in [0.29, 0.717) is 18.7 Å². The number of fused-ring (bicyclic) bond motifs is 1. The topological polar surface area (TPSA) is 76.4 Å². The molecule has 0 saturated heterocycles. The molecule has 2 N–H and O–H groups in total. The molecular weight excluding hydrogens is 431 g/mol. The van der Waals surface area contributed by atoms with Gasteiger partial charge < -0.3 is 15.4 Å². The van der Waals surface area contributed by atoms with Gasteiger partial charge in [0.2, 0.25) is 0 Å². The second-order valence-corrected chi connectivity index (χ2v) is 6.80. The maximum atomic E-state index is 5.13. The molecule has 2 aliphatic rings. The Balaban J connectivity index is 0.00000225. The SMILES string of the molecule is CCCC1CC1NC(=NCC)NC1CCc2nc(COC)nn2C1.I. The van der Waals surface area contributed by atoms with Gasteiger partial charge in [-0.2, -0.15) is 5.10 Å². The summed E-state index contributed by atoms with van der Waals surface area (Å²) in [6, 6.07) is 0.942. The molecule has 1 aromatic rings. The van der Waals surface area contributed by atoms with Crippen LogP contribution in [0.1, 0.15) is 51.2 Å². The van der Waals surface area contributed by atoms with Crippen molar-refractivity contribution in [3.63, 3.8) is 0 Å². The highest BCUT2D eigenvalue weighted by Crippen LogP contribution is 2.34. The number of aryl methyl sites for hydroxylation is 1. The molecule has 0 spiro atoms. The van der Waals surface area contributed by atoms with Crippen LogP contribution in [0.2, 0.25) is 0 Å². The quantitative estimate of drug-likeness (QED) is 0.369. The van der Waals surface area contributed by atoms with Gasteiger partial charge in [0.15, 0.2) is 11.8 Å². The number of aliphatic imine (C=N–C) groups is 1.